The van der Waals surface area contributed by atoms with Crippen LogP contribution in [-0.4, -0.2) is 54.4 Å². The summed E-state index contributed by atoms with van der Waals surface area (Å²) in [6.45, 7) is 8.50. The third-order valence-corrected chi connectivity index (χ3v) is 3.56. The van der Waals surface area contributed by atoms with Gasteiger partial charge in [-0.25, -0.2) is 0 Å². The highest BCUT2D eigenvalue weighted by molar-refractivity contribution is 5.78. The number of carbonyl (C=O) groups is 1. The van der Waals surface area contributed by atoms with Gasteiger partial charge in [0, 0.05) is 13.2 Å². The van der Waals surface area contributed by atoms with Crippen LogP contribution in [0.4, 0.5) is 0 Å². The fourth-order valence-corrected chi connectivity index (χ4v) is 2.07. The second-order valence-electron chi connectivity index (χ2n) is 4.85. The molecule has 0 fully saturated rings. The van der Waals surface area contributed by atoms with Crippen molar-refractivity contribution in [3.8, 4) is 0 Å². The number of carboxylic acids is 1. The number of methoxy groups -OCH3 is 1. The van der Waals surface area contributed by atoms with Gasteiger partial charge in [-0.3, -0.25) is 9.69 Å². The number of nitrogens with zero attached hydrogens (tertiary/aromatic N) is 1. The van der Waals surface area contributed by atoms with Gasteiger partial charge in [-0.05, 0) is 39.3 Å². The minimum absolute atomic E-state index is 0.346. The number of nitrogens with two attached hydrogens (primary N) is 1. The molecule has 0 radical (unpaired) electrons. The lowest BCUT2D eigenvalue weighted by atomic mass is 9.91. The van der Waals surface area contributed by atoms with Crippen molar-refractivity contribution in [2.45, 2.75) is 51.6 Å². The SMILES string of the molecule is CCN(CCCC(N)(CC)C(=O)O)C(C)COC. The standard InChI is InChI=1S/C13H28N2O3/c1-5-13(14,12(16)17)8-7-9-15(6-2)11(3)10-18-4/h11H,5-10,14H2,1-4H3,(H,16,17). The summed E-state index contributed by atoms with van der Waals surface area (Å²) < 4.78 is 5.13. The van der Waals surface area contributed by atoms with Gasteiger partial charge in [0.2, 0.25) is 0 Å². The molecule has 0 saturated carbocycles. The summed E-state index contributed by atoms with van der Waals surface area (Å²) in [5.41, 5.74) is 4.78. The highest BCUT2D eigenvalue weighted by atomic mass is 16.5. The molecule has 0 aromatic carbocycles. The van der Waals surface area contributed by atoms with Crippen molar-refractivity contribution < 1.29 is 14.6 Å². The summed E-state index contributed by atoms with van der Waals surface area (Å²) in [5, 5.41) is 9.09. The highest BCUT2D eigenvalue weighted by Gasteiger charge is 2.31. The third-order valence-electron chi connectivity index (χ3n) is 3.56. The lowest BCUT2D eigenvalue weighted by Crippen LogP contribution is -2.48. The molecule has 0 aliphatic rings. The van der Waals surface area contributed by atoms with Crippen LogP contribution in [0.15, 0.2) is 0 Å². The smallest absolute Gasteiger partial charge is 0.323 e. The van der Waals surface area contributed by atoms with E-state index in [4.69, 9.17) is 15.6 Å². The van der Waals surface area contributed by atoms with Crippen molar-refractivity contribution in [1.29, 1.82) is 0 Å². The van der Waals surface area contributed by atoms with E-state index in [9.17, 15) is 4.79 Å². The number of ether oxygens (including phenoxy) is 1. The van der Waals surface area contributed by atoms with Crippen LogP contribution >= 0.6 is 0 Å². The van der Waals surface area contributed by atoms with E-state index < -0.39 is 11.5 Å². The maximum Gasteiger partial charge on any atom is 0.323 e. The molecule has 2 atom stereocenters. The molecular formula is C13H28N2O3. The van der Waals surface area contributed by atoms with Crippen molar-refractivity contribution in [3.63, 3.8) is 0 Å². The molecule has 5 heteroatoms. The molecular weight excluding hydrogens is 232 g/mol. The second-order valence-corrected chi connectivity index (χ2v) is 4.85. The Labute approximate surface area is 110 Å². The van der Waals surface area contributed by atoms with Gasteiger partial charge in [0.05, 0.1) is 6.61 Å². The van der Waals surface area contributed by atoms with Gasteiger partial charge < -0.3 is 15.6 Å². The van der Waals surface area contributed by atoms with Gasteiger partial charge in [0.25, 0.3) is 0 Å². The molecule has 18 heavy (non-hydrogen) atoms. The van der Waals surface area contributed by atoms with E-state index in [1.165, 1.54) is 0 Å². The Morgan fingerprint density at radius 1 is 1.50 bits per heavy atom. The molecule has 0 amide bonds. The minimum atomic E-state index is -1.08. The van der Waals surface area contributed by atoms with E-state index in [1.54, 1.807) is 7.11 Å². The first-order chi connectivity index (χ1) is 8.41. The van der Waals surface area contributed by atoms with Crippen LogP contribution in [0.25, 0.3) is 0 Å². The van der Waals surface area contributed by atoms with E-state index in [2.05, 4.69) is 18.7 Å². The maximum atomic E-state index is 11.1. The summed E-state index contributed by atoms with van der Waals surface area (Å²) in [6, 6.07) is 0.346. The fraction of sp³-hybridized carbons (Fsp3) is 0.923. The first-order valence-electron chi connectivity index (χ1n) is 6.66. The number of hydrogen-bond donors (Lipinski definition) is 2. The van der Waals surface area contributed by atoms with Crippen LogP contribution in [0, 0.1) is 0 Å². The minimum Gasteiger partial charge on any atom is -0.480 e. The number of rotatable bonds is 10. The molecule has 2 unspecified atom stereocenters. The molecule has 5 nitrogen and oxygen atoms in total. The summed E-state index contributed by atoms with van der Waals surface area (Å²) in [4.78, 5) is 13.4. The van der Waals surface area contributed by atoms with Gasteiger partial charge in [0.15, 0.2) is 0 Å². The van der Waals surface area contributed by atoms with Crippen LogP contribution in [-0.2, 0) is 9.53 Å². The average Bonchev–Trinajstić information content (AvgIpc) is 2.34. The molecule has 0 saturated heterocycles. The molecule has 0 spiro atoms. The quantitative estimate of drug-likeness (QED) is 0.619. The number of likely N-dealkylation sites (N-methyl/N-ethyl adjacent to an activating group) is 1. The third kappa shape index (κ3) is 5.33. The summed E-state index contributed by atoms with van der Waals surface area (Å²) in [7, 11) is 1.69. The molecule has 0 aliphatic heterocycles. The van der Waals surface area contributed by atoms with E-state index in [0.717, 1.165) is 19.5 Å². The molecule has 0 rings (SSSR count). The van der Waals surface area contributed by atoms with E-state index in [1.807, 2.05) is 6.92 Å². The second kappa shape index (κ2) is 8.45. The fourth-order valence-electron chi connectivity index (χ4n) is 2.07. The Bertz CT molecular complexity index is 248. The van der Waals surface area contributed by atoms with Crippen LogP contribution < -0.4 is 5.73 Å². The zero-order chi connectivity index (χ0) is 14.2. The number of hydrogen-bond acceptors (Lipinski definition) is 4. The van der Waals surface area contributed by atoms with E-state index in [-0.39, 0.29) is 0 Å². The Hall–Kier alpha value is -0.650. The monoisotopic (exact) mass is 260 g/mol. The van der Waals surface area contributed by atoms with Crippen molar-refractivity contribution in [1.82, 2.24) is 4.90 Å². The van der Waals surface area contributed by atoms with Gasteiger partial charge in [-0.2, -0.15) is 0 Å². The van der Waals surface area contributed by atoms with Gasteiger partial charge in [-0.1, -0.05) is 13.8 Å². The largest absolute Gasteiger partial charge is 0.480 e. The normalized spacial score (nSPS) is 16.6. The van der Waals surface area contributed by atoms with Crippen LogP contribution in [0.3, 0.4) is 0 Å². The molecule has 0 aromatic heterocycles. The topological polar surface area (TPSA) is 75.8 Å². The lowest BCUT2D eigenvalue weighted by molar-refractivity contribution is -0.143. The highest BCUT2D eigenvalue weighted by Crippen LogP contribution is 2.15. The van der Waals surface area contributed by atoms with Gasteiger partial charge >= 0.3 is 5.97 Å². The first-order valence-corrected chi connectivity index (χ1v) is 6.66. The maximum absolute atomic E-state index is 11.1. The predicted molar refractivity (Wildman–Crippen MR) is 72.7 cm³/mol. The Balaban J connectivity index is 4.18. The molecule has 0 aromatic rings. The summed E-state index contributed by atoms with van der Waals surface area (Å²) in [5.74, 6) is -0.905. The molecule has 0 heterocycles. The summed E-state index contributed by atoms with van der Waals surface area (Å²) >= 11 is 0. The Morgan fingerprint density at radius 3 is 2.50 bits per heavy atom. The van der Waals surface area contributed by atoms with Crippen LogP contribution in [0.5, 0.6) is 0 Å². The number of aliphatic carboxylic acids is 1. The molecule has 108 valence electrons. The number of carboxylic acid groups (broad SMARTS) is 1. The van der Waals surface area contributed by atoms with Crippen molar-refractivity contribution in [2.75, 3.05) is 26.8 Å². The predicted octanol–water partition coefficient (Wildman–Crippen LogP) is 1.32. The molecule has 0 bridgehead atoms. The zero-order valence-electron chi connectivity index (χ0n) is 12.1. The van der Waals surface area contributed by atoms with Crippen molar-refractivity contribution >= 4 is 5.97 Å². The molecule has 3 N–H and O–H groups in total. The first kappa shape index (κ1) is 17.4. The Kier molecular flexibility index (Phi) is 8.15. The van der Waals surface area contributed by atoms with Crippen molar-refractivity contribution in [2.24, 2.45) is 5.73 Å². The molecule has 0 aliphatic carbocycles. The summed E-state index contributed by atoms with van der Waals surface area (Å²) in [6.07, 6.45) is 1.76. The van der Waals surface area contributed by atoms with Gasteiger partial charge in [0.1, 0.15) is 5.54 Å². The average molecular weight is 260 g/mol. The van der Waals surface area contributed by atoms with E-state index >= 15 is 0 Å². The van der Waals surface area contributed by atoms with Crippen molar-refractivity contribution in [3.05, 3.63) is 0 Å². The Morgan fingerprint density at radius 2 is 2.11 bits per heavy atom. The van der Waals surface area contributed by atoms with Gasteiger partial charge in [-0.15, -0.1) is 0 Å². The zero-order valence-corrected chi connectivity index (χ0v) is 12.1. The van der Waals surface area contributed by atoms with Crippen LogP contribution in [0.1, 0.15) is 40.0 Å². The van der Waals surface area contributed by atoms with Crippen LogP contribution in [0.2, 0.25) is 0 Å². The lowest BCUT2D eigenvalue weighted by Gasteiger charge is -2.29. The van der Waals surface area contributed by atoms with E-state index in [0.29, 0.717) is 25.5 Å².